The van der Waals surface area contributed by atoms with Gasteiger partial charge in [0.25, 0.3) is 5.91 Å². The van der Waals surface area contributed by atoms with Gasteiger partial charge >= 0.3 is 0 Å². The Kier molecular flexibility index (Phi) is 6.05. The van der Waals surface area contributed by atoms with Gasteiger partial charge in [0.05, 0.1) is 11.4 Å². The van der Waals surface area contributed by atoms with Gasteiger partial charge in [-0.25, -0.2) is 0 Å². The first-order valence-corrected chi connectivity index (χ1v) is 6.60. The van der Waals surface area contributed by atoms with Crippen molar-refractivity contribution in [3.8, 4) is 0 Å². The van der Waals surface area contributed by atoms with Crippen LogP contribution in [0.2, 0.25) is 0 Å². The molecular formula is C14H23N3O. The highest BCUT2D eigenvalue weighted by molar-refractivity contribution is 5.96. The molecule has 0 aliphatic carbocycles. The van der Waals surface area contributed by atoms with Crippen LogP contribution in [0.5, 0.6) is 0 Å². The average Bonchev–Trinajstić information content (AvgIpc) is 2.36. The van der Waals surface area contributed by atoms with Crippen LogP contribution in [-0.4, -0.2) is 19.0 Å². The molecule has 0 aliphatic rings. The van der Waals surface area contributed by atoms with Crippen molar-refractivity contribution in [3.05, 3.63) is 23.8 Å². The number of rotatable bonds is 7. The van der Waals surface area contributed by atoms with Gasteiger partial charge in [-0.15, -0.1) is 0 Å². The van der Waals surface area contributed by atoms with Gasteiger partial charge in [-0.2, -0.15) is 0 Å². The van der Waals surface area contributed by atoms with Crippen molar-refractivity contribution in [3.63, 3.8) is 0 Å². The highest BCUT2D eigenvalue weighted by Crippen LogP contribution is 2.20. The summed E-state index contributed by atoms with van der Waals surface area (Å²) in [5.74, 6) is -0.0817. The van der Waals surface area contributed by atoms with E-state index in [0.717, 1.165) is 18.7 Å². The van der Waals surface area contributed by atoms with Crippen LogP contribution in [0.25, 0.3) is 0 Å². The van der Waals surface area contributed by atoms with Crippen LogP contribution in [0.3, 0.4) is 0 Å². The topological polar surface area (TPSA) is 67.2 Å². The van der Waals surface area contributed by atoms with E-state index in [9.17, 15) is 4.79 Å². The van der Waals surface area contributed by atoms with Crippen LogP contribution >= 0.6 is 0 Å². The van der Waals surface area contributed by atoms with E-state index in [0.29, 0.717) is 17.8 Å². The SMILES string of the molecule is CCCCCNc1ccc(C(=O)NCC)cc1N. The largest absolute Gasteiger partial charge is 0.397 e. The highest BCUT2D eigenvalue weighted by Gasteiger charge is 2.06. The smallest absolute Gasteiger partial charge is 0.251 e. The van der Waals surface area contributed by atoms with E-state index in [-0.39, 0.29) is 5.91 Å². The molecule has 0 spiro atoms. The molecule has 18 heavy (non-hydrogen) atoms. The number of carbonyl (C=O) groups excluding carboxylic acids is 1. The first-order chi connectivity index (χ1) is 8.69. The molecule has 0 radical (unpaired) electrons. The van der Waals surface area contributed by atoms with Gasteiger partial charge in [-0.05, 0) is 31.5 Å². The second kappa shape index (κ2) is 7.58. The predicted molar refractivity (Wildman–Crippen MR) is 76.9 cm³/mol. The maximum Gasteiger partial charge on any atom is 0.251 e. The summed E-state index contributed by atoms with van der Waals surface area (Å²) in [6.45, 7) is 5.61. The standard InChI is InChI=1S/C14H23N3O/c1-3-5-6-9-17-13-8-7-11(10-12(13)15)14(18)16-4-2/h7-8,10,17H,3-6,9,15H2,1-2H3,(H,16,18). The molecule has 0 aliphatic heterocycles. The molecule has 4 heteroatoms. The molecule has 0 heterocycles. The number of benzene rings is 1. The van der Waals surface area contributed by atoms with E-state index in [1.807, 2.05) is 13.0 Å². The summed E-state index contributed by atoms with van der Waals surface area (Å²) in [6.07, 6.45) is 3.55. The summed E-state index contributed by atoms with van der Waals surface area (Å²) >= 11 is 0. The highest BCUT2D eigenvalue weighted by atomic mass is 16.1. The lowest BCUT2D eigenvalue weighted by Crippen LogP contribution is -2.22. The Balaban J connectivity index is 2.59. The molecular weight excluding hydrogens is 226 g/mol. The van der Waals surface area contributed by atoms with E-state index in [1.165, 1.54) is 12.8 Å². The van der Waals surface area contributed by atoms with Gasteiger partial charge in [0.15, 0.2) is 0 Å². The van der Waals surface area contributed by atoms with Crippen LogP contribution in [0.1, 0.15) is 43.5 Å². The fourth-order valence-corrected chi connectivity index (χ4v) is 1.73. The lowest BCUT2D eigenvalue weighted by atomic mass is 10.1. The number of nitrogens with two attached hydrogens (primary N) is 1. The Morgan fingerprint density at radius 2 is 2.06 bits per heavy atom. The third-order valence-corrected chi connectivity index (χ3v) is 2.75. The number of nitrogens with one attached hydrogen (secondary N) is 2. The van der Waals surface area contributed by atoms with Crippen molar-refractivity contribution in [1.82, 2.24) is 5.32 Å². The van der Waals surface area contributed by atoms with Gasteiger partial charge < -0.3 is 16.4 Å². The molecule has 1 aromatic carbocycles. The monoisotopic (exact) mass is 249 g/mol. The molecule has 0 atom stereocenters. The minimum absolute atomic E-state index is 0.0817. The molecule has 1 aromatic rings. The molecule has 0 fully saturated rings. The van der Waals surface area contributed by atoms with E-state index in [4.69, 9.17) is 5.73 Å². The molecule has 0 unspecified atom stereocenters. The molecule has 4 N–H and O–H groups in total. The zero-order valence-electron chi connectivity index (χ0n) is 11.3. The van der Waals surface area contributed by atoms with Crippen molar-refractivity contribution >= 4 is 17.3 Å². The molecule has 1 amide bonds. The minimum Gasteiger partial charge on any atom is -0.397 e. The molecule has 0 saturated carbocycles. The summed E-state index contributed by atoms with van der Waals surface area (Å²) < 4.78 is 0. The average molecular weight is 249 g/mol. The molecule has 1 rings (SSSR count). The van der Waals surface area contributed by atoms with Gasteiger partial charge in [0, 0.05) is 18.7 Å². The Bertz CT molecular complexity index is 391. The van der Waals surface area contributed by atoms with E-state index < -0.39 is 0 Å². The van der Waals surface area contributed by atoms with Gasteiger partial charge in [0.1, 0.15) is 0 Å². The van der Waals surface area contributed by atoms with Gasteiger partial charge in [0.2, 0.25) is 0 Å². The number of anilines is 2. The molecule has 0 bridgehead atoms. The van der Waals surface area contributed by atoms with Crippen LogP contribution in [-0.2, 0) is 0 Å². The van der Waals surface area contributed by atoms with E-state index in [2.05, 4.69) is 17.6 Å². The third kappa shape index (κ3) is 4.28. The van der Waals surface area contributed by atoms with E-state index >= 15 is 0 Å². The molecule has 4 nitrogen and oxygen atoms in total. The van der Waals surface area contributed by atoms with Crippen molar-refractivity contribution in [2.45, 2.75) is 33.1 Å². The Hall–Kier alpha value is -1.71. The summed E-state index contributed by atoms with van der Waals surface area (Å²) in [5.41, 5.74) is 8.06. The van der Waals surface area contributed by atoms with Crippen LogP contribution in [0.15, 0.2) is 18.2 Å². The van der Waals surface area contributed by atoms with Crippen LogP contribution < -0.4 is 16.4 Å². The molecule has 0 saturated heterocycles. The van der Waals surface area contributed by atoms with Crippen LogP contribution in [0, 0.1) is 0 Å². The zero-order chi connectivity index (χ0) is 13.4. The first-order valence-electron chi connectivity index (χ1n) is 6.60. The fourth-order valence-electron chi connectivity index (χ4n) is 1.73. The van der Waals surface area contributed by atoms with E-state index in [1.54, 1.807) is 12.1 Å². The Labute approximate surface area is 109 Å². The van der Waals surface area contributed by atoms with Gasteiger partial charge in [-0.1, -0.05) is 19.8 Å². The summed E-state index contributed by atoms with van der Waals surface area (Å²) in [6, 6.07) is 5.38. The zero-order valence-corrected chi connectivity index (χ0v) is 11.3. The van der Waals surface area contributed by atoms with Crippen molar-refractivity contribution in [1.29, 1.82) is 0 Å². The molecule has 0 aromatic heterocycles. The number of unbranched alkanes of at least 4 members (excludes halogenated alkanes) is 2. The second-order valence-corrected chi connectivity index (χ2v) is 4.30. The first kappa shape index (κ1) is 14.4. The summed E-state index contributed by atoms with van der Waals surface area (Å²) in [7, 11) is 0. The lowest BCUT2D eigenvalue weighted by Gasteiger charge is -2.10. The maximum absolute atomic E-state index is 11.6. The van der Waals surface area contributed by atoms with Gasteiger partial charge in [-0.3, -0.25) is 4.79 Å². The van der Waals surface area contributed by atoms with Crippen molar-refractivity contribution < 1.29 is 4.79 Å². The number of amides is 1. The van der Waals surface area contributed by atoms with Crippen molar-refractivity contribution in [2.24, 2.45) is 0 Å². The fraction of sp³-hybridized carbons (Fsp3) is 0.500. The number of hydrogen-bond acceptors (Lipinski definition) is 3. The van der Waals surface area contributed by atoms with Crippen LogP contribution in [0.4, 0.5) is 11.4 Å². The second-order valence-electron chi connectivity index (χ2n) is 4.30. The van der Waals surface area contributed by atoms with Crippen molar-refractivity contribution in [2.75, 3.05) is 24.1 Å². The minimum atomic E-state index is -0.0817. The Morgan fingerprint density at radius 1 is 1.28 bits per heavy atom. The number of carbonyl (C=O) groups is 1. The maximum atomic E-state index is 11.6. The lowest BCUT2D eigenvalue weighted by molar-refractivity contribution is 0.0956. The number of hydrogen-bond donors (Lipinski definition) is 3. The third-order valence-electron chi connectivity index (χ3n) is 2.75. The quantitative estimate of drug-likeness (QED) is 0.514. The summed E-state index contributed by atoms with van der Waals surface area (Å²) in [5, 5.41) is 6.04. The predicted octanol–water partition coefficient (Wildman–Crippen LogP) is 2.62. The normalized spacial score (nSPS) is 10.1. The summed E-state index contributed by atoms with van der Waals surface area (Å²) in [4.78, 5) is 11.6. The Morgan fingerprint density at radius 3 is 2.67 bits per heavy atom. The molecule has 100 valence electrons. The number of nitrogen functional groups attached to an aromatic ring is 1.